The molecule has 0 amide bonds. The second-order valence-corrected chi connectivity index (χ2v) is 7.44. The fraction of sp³-hybridized carbons (Fsp3) is 0.350. The van der Waals surface area contributed by atoms with Gasteiger partial charge in [0.25, 0.3) is 0 Å². The van der Waals surface area contributed by atoms with E-state index in [2.05, 4.69) is 15.0 Å². The molecule has 2 heterocycles. The number of nitrogens with zero attached hydrogens (tertiary/aromatic N) is 1. The van der Waals surface area contributed by atoms with E-state index in [0.717, 1.165) is 11.1 Å². The number of carbonyl (C=O) groups is 2. The van der Waals surface area contributed by atoms with Gasteiger partial charge in [0, 0.05) is 17.5 Å². The monoisotopic (exact) mass is 418 g/mol. The molecule has 2 atom stereocenters. The zero-order valence-corrected chi connectivity index (χ0v) is 16.9. The Balaban J connectivity index is 1.74. The van der Waals surface area contributed by atoms with Crippen molar-refractivity contribution in [3.8, 4) is 5.75 Å². The van der Waals surface area contributed by atoms with Crippen LogP contribution in [0.5, 0.6) is 5.75 Å². The van der Waals surface area contributed by atoms with Crippen LogP contribution in [0, 0.1) is 0 Å². The lowest BCUT2D eigenvalue weighted by Crippen LogP contribution is -2.35. The molecular weight excluding hydrogens is 396 g/mol. The van der Waals surface area contributed by atoms with Crippen molar-refractivity contribution in [2.24, 2.45) is 0 Å². The van der Waals surface area contributed by atoms with Crippen LogP contribution in [0.25, 0.3) is 0 Å². The van der Waals surface area contributed by atoms with E-state index in [1.807, 2.05) is 6.07 Å². The molecule has 154 valence electrons. The van der Waals surface area contributed by atoms with Crippen LogP contribution in [-0.2, 0) is 27.5 Å². The Morgan fingerprint density at radius 3 is 2.72 bits per heavy atom. The molecule has 2 aromatic rings. The van der Waals surface area contributed by atoms with E-state index in [-0.39, 0.29) is 24.6 Å². The number of pyridine rings is 1. The number of hydrogen-bond acceptors (Lipinski definition) is 9. The van der Waals surface area contributed by atoms with Crippen molar-refractivity contribution in [1.29, 1.82) is 0 Å². The molecule has 3 rings (SSSR count). The lowest BCUT2D eigenvalue weighted by atomic mass is 10.1. The van der Waals surface area contributed by atoms with Crippen LogP contribution in [0.3, 0.4) is 0 Å². The van der Waals surface area contributed by atoms with Gasteiger partial charge in [0.2, 0.25) is 0 Å². The van der Waals surface area contributed by atoms with Crippen LogP contribution in [0.15, 0.2) is 36.5 Å². The summed E-state index contributed by atoms with van der Waals surface area (Å²) in [4.78, 5) is 27.5. The van der Waals surface area contributed by atoms with E-state index >= 15 is 0 Å². The van der Waals surface area contributed by atoms with Gasteiger partial charge in [-0.05, 0) is 29.8 Å². The number of hydrogen-bond donors (Lipinski definition) is 2. The summed E-state index contributed by atoms with van der Waals surface area (Å²) in [6.45, 7) is 0.104. The van der Waals surface area contributed by atoms with Gasteiger partial charge in [-0.15, -0.1) is 11.8 Å². The minimum absolute atomic E-state index is 0.0956. The third-order valence-electron chi connectivity index (χ3n) is 4.43. The lowest BCUT2D eigenvalue weighted by molar-refractivity contribution is -0.142. The number of aliphatic hydroxyl groups excluding tert-OH is 1. The summed E-state index contributed by atoms with van der Waals surface area (Å²) in [6.07, 6.45) is 1.44. The first kappa shape index (κ1) is 21.1. The highest BCUT2D eigenvalue weighted by molar-refractivity contribution is 7.99. The number of nitrogens with one attached hydrogen (secondary N) is 1. The highest BCUT2D eigenvalue weighted by atomic mass is 32.2. The molecule has 0 aliphatic carbocycles. The minimum atomic E-state index is -0.448. The van der Waals surface area contributed by atoms with E-state index in [9.17, 15) is 14.7 Å². The van der Waals surface area contributed by atoms with Crippen molar-refractivity contribution in [3.63, 3.8) is 0 Å². The normalized spacial score (nSPS) is 18.3. The maximum atomic E-state index is 11.8. The Hall–Kier alpha value is -2.62. The summed E-state index contributed by atoms with van der Waals surface area (Å²) in [5, 5.41) is 12.5. The van der Waals surface area contributed by atoms with E-state index in [1.54, 1.807) is 36.0 Å². The quantitative estimate of drug-likeness (QED) is 0.651. The van der Waals surface area contributed by atoms with Gasteiger partial charge in [0.1, 0.15) is 18.4 Å². The summed E-state index contributed by atoms with van der Waals surface area (Å²) < 4.78 is 15.4. The Morgan fingerprint density at radius 1 is 1.24 bits per heavy atom. The predicted molar refractivity (Wildman–Crippen MR) is 106 cm³/mol. The molecule has 1 saturated heterocycles. The van der Waals surface area contributed by atoms with E-state index < -0.39 is 12.0 Å². The van der Waals surface area contributed by atoms with Gasteiger partial charge >= 0.3 is 11.9 Å². The first-order valence-corrected chi connectivity index (χ1v) is 9.95. The largest absolute Gasteiger partial charge is 0.487 e. The second-order valence-electron chi connectivity index (χ2n) is 6.30. The van der Waals surface area contributed by atoms with Crippen LogP contribution in [0.1, 0.15) is 32.6 Å². The molecule has 29 heavy (non-hydrogen) atoms. The zero-order chi connectivity index (χ0) is 20.8. The minimum Gasteiger partial charge on any atom is -0.487 e. The van der Waals surface area contributed by atoms with Gasteiger partial charge in [-0.1, -0.05) is 6.07 Å². The molecule has 2 unspecified atom stereocenters. The molecule has 0 bridgehead atoms. The summed E-state index contributed by atoms with van der Waals surface area (Å²) >= 11 is 1.57. The summed E-state index contributed by atoms with van der Waals surface area (Å²) in [5.74, 6) is 0.444. The van der Waals surface area contributed by atoms with E-state index in [1.165, 1.54) is 20.4 Å². The van der Waals surface area contributed by atoms with E-state index in [0.29, 0.717) is 22.8 Å². The molecule has 9 heteroatoms. The smallest absolute Gasteiger partial charge is 0.339 e. The number of carbonyl (C=O) groups excluding carboxylic acids is 2. The van der Waals surface area contributed by atoms with Crippen LogP contribution in [0.2, 0.25) is 0 Å². The molecule has 2 N–H and O–H groups in total. The molecule has 0 saturated carbocycles. The van der Waals surface area contributed by atoms with Gasteiger partial charge in [0.15, 0.2) is 0 Å². The molecule has 0 radical (unpaired) electrons. The van der Waals surface area contributed by atoms with Gasteiger partial charge in [0.05, 0.1) is 37.5 Å². The SMILES string of the molecule is COC(=O)c1ccc(COc2ccc(CO)cc2C2NC(C(=O)OC)CS2)nc1. The van der Waals surface area contributed by atoms with Gasteiger partial charge in [-0.25, -0.2) is 4.79 Å². The van der Waals surface area contributed by atoms with Crippen molar-refractivity contribution in [1.82, 2.24) is 10.3 Å². The van der Waals surface area contributed by atoms with Crippen molar-refractivity contribution in [2.45, 2.75) is 24.6 Å². The van der Waals surface area contributed by atoms with Crippen molar-refractivity contribution >= 4 is 23.7 Å². The molecule has 1 aliphatic heterocycles. The van der Waals surface area contributed by atoms with Gasteiger partial charge in [-0.3, -0.25) is 15.1 Å². The Morgan fingerprint density at radius 2 is 2.07 bits per heavy atom. The summed E-state index contributed by atoms with van der Waals surface area (Å²) in [6, 6.07) is 8.36. The molecule has 1 fully saturated rings. The topological polar surface area (TPSA) is 107 Å². The number of rotatable bonds is 7. The van der Waals surface area contributed by atoms with Gasteiger partial charge < -0.3 is 19.3 Å². The number of benzene rings is 1. The average Bonchev–Trinajstić information content (AvgIpc) is 3.27. The second kappa shape index (κ2) is 9.73. The molecule has 1 aromatic heterocycles. The summed E-state index contributed by atoms with van der Waals surface area (Å²) in [7, 11) is 2.68. The standard InChI is InChI=1S/C20H22N2O6S/c1-26-19(24)13-4-5-14(21-8-13)10-28-17-6-3-12(9-23)7-15(17)18-22-16(11-29-18)20(25)27-2/h3-8,16,18,22-23H,9-11H2,1-2H3. The fourth-order valence-electron chi connectivity index (χ4n) is 2.86. The third-order valence-corrected chi connectivity index (χ3v) is 5.68. The Labute approximate surface area is 172 Å². The highest BCUT2D eigenvalue weighted by Crippen LogP contribution is 2.38. The van der Waals surface area contributed by atoms with Gasteiger partial charge in [-0.2, -0.15) is 0 Å². The zero-order valence-electron chi connectivity index (χ0n) is 16.1. The van der Waals surface area contributed by atoms with Crippen LogP contribution < -0.4 is 10.1 Å². The number of thioether (sulfide) groups is 1. The molecular formula is C20H22N2O6S. The van der Waals surface area contributed by atoms with Crippen molar-refractivity contribution in [3.05, 3.63) is 58.9 Å². The Bertz CT molecular complexity index is 874. The predicted octanol–water partition coefficient (Wildman–Crippen LogP) is 1.82. The first-order chi connectivity index (χ1) is 14.0. The number of esters is 2. The third kappa shape index (κ3) is 5.06. The maximum Gasteiger partial charge on any atom is 0.339 e. The fourth-order valence-corrected chi connectivity index (χ4v) is 4.10. The lowest BCUT2D eigenvalue weighted by Gasteiger charge is -2.18. The molecule has 8 nitrogen and oxygen atoms in total. The van der Waals surface area contributed by atoms with Crippen LogP contribution in [-0.4, -0.2) is 48.0 Å². The van der Waals surface area contributed by atoms with Crippen LogP contribution >= 0.6 is 11.8 Å². The first-order valence-electron chi connectivity index (χ1n) is 8.91. The molecule has 1 aliphatic rings. The number of ether oxygens (including phenoxy) is 3. The Kier molecular flexibility index (Phi) is 7.08. The number of aromatic nitrogens is 1. The average molecular weight is 418 g/mol. The van der Waals surface area contributed by atoms with Crippen LogP contribution in [0.4, 0.5) is 0 Å². The van der Waals surface area contributed by atoms with E-state index in [4.69, 9.17) is 9.47 Å². The van der Waals surface area contributed by atoms with Crippen molar-refractivity contribution in [2.75, 3.05) is 20.0 Å². The summed E-state index contributed by atoms with van der Waals surface area (Å²) in [5.41, 5.74) is 2.59. The van der Waals surface area contributed by atoms with Crippen molar-refractivity contribution < 1.29 is 28.9 Å². The number of aliphatic hydroxyl groups is 1. The molecule has 0 spiro atoms. The number of methoxy groups -OCH3 is 2. The maximum absolute atomic E-state index is 11.8. The molecule has 1 aromatic carbocycles. The highest BCUT2D eigenvalue weighted by Gasteiger charge is 2.32.